The zero-order valence-electron chi connectivity index (χ0n) is 16.1. The van der Waals surface area contributed by atoms with Crippen LogP contribution in [0, 0.1) is 0 Å². The maximum Gasteiger partial charge on any atom is 0.243 e. The summed E-state index contributed by atoms with van der Waals surface area (Å²) in [5.41, 5.74) is 1.76. The Balaban J connectivity index is 1.36. The van der Waals surface area contributed by atoms with Gasteiger partial charge in [-0.3, -0.25) is 4.79 Å². The molecule has 0 unspecified atom stereocenters. The third-order valence-electron chi connectivity index (χ3n) is 4.93. The number of piperazine rings is 1. The minimum Gasteiger partial charge on any atom is -0.340 e. The SMILES string of the molecule is O=C(Cc1csc(-c2ccccc2)n1)N1CCN(S(=O)(=O)c2cccc(Cl)c2)CC1. The van der Waals surface area contributed by atoms with Gasteiger partial charge < -0.3 is 4.90 Å². The molecule has 3 aromatic rings. The molecule has 6 nitrogen and oxygen atoms in total. The van der Waals surface area contributed by atoms with Gasteiger partial charge in [0.2, 0.25) is 15.9 Å². The number of rotatable bonds is 5. The van der Waals surface area contributed by atoms with Crippen molar-refractivity contribution < 1.29 is 13.2 Å². The maximum atomic E-state index is 12.8. The van der Waals surface area contributed by atoms with Crippen LogP contribution in [0.1, 0.15) is 5.69 Å². The van der Waals surface area contributed by atoms with Gasteiger partial charge in [0.15, 0.2) is 0 Å². The fourth-order valence-corrected chi connectivity index (χ4v) is 5.87. The third-order valence-corrected chi connectivity index (χ3v) is 8.00. The predicted octanol–water partition coefficient (Wildman–Crippen LogP) is 3.54. The molecule has 0 aliphatic carbocycles. The fourth-order valence-electron chi connectivity index (χ4n) is 3.32. The Morgan fingerprint density at radius 1 is 1.03 bits per heavy atom. The van der Waals surface area contributed by atoms with Crippen molar-refractivity contribution in [2.75, 3.05) is 26.2 Å². The van der Waals surface area contributed by atoms with Gasteiger partial charge in [-0.15, -0.1) is 11.3 Å². The largest absolute Gasteiger partial charge is 0.340 e. The predicted molar refractivity (Wildman–Crippen MR) is 118 cm³/mol. The topological polar surface area (TPSA) is 70.6 Å². The summed E-state index contributed by atoms with van der Waals surface area (Å²) in [6.07, 6.45) is 0.213. The zero-order chi connectivity index (χ0) is 21.1. The van der Waals surface area contributed by atoms with E-state index in [2.05, 4.69) is 4.98 Å². The lowest BCUT2D eigenvalue weighted by Gasteiger charge is -2.34. The number of benzene rings is 2. The number of halogens is 1. The lowest BCUT2D eigenvalue weighted by atomic mass is 10.2. The number of carbonyl (C=O) groups excluding carboxylic acids is 1. The van der Waals surface area contributed by atoms with Crippen molar-refractivity contribution in [2.24, 2.45) is 0 Å². The number of aromatic nitrogens is 1. The number of thiazole rings is 1. The first-order valence-electron chi connectivity index (χ1n) is 9.47. The Bertz CT molecular complexity index is 1140. The first-order valence-corrected chi connectivity index (χ1v) is 12.2. The maximum absolute atomic E-state index is 12.8. The van der Waals surface area contributed by atoms with Gasteiger partial charge >= 0.3 is 0 Å². The van der Waals surface area contributed by atoms with E-state index in [9.17, 15) is 13.2 Å². The van der Waals surface area contributed by atoms with Crippen molar-refractivity contribution in [1.29, 1.82) is 0 Å². The normalized spacial score (nSPS) is 15.3. The van der Waals surface area contributed by atoms with Crippen LogP contribution in [0.4, 0.5) is 0 Å². The smallest absolute Gasteiger partial charge is 0.243 e. The second-order valence-electron chi connectivity index (χ2n) is 6.93. The highest BCUT2D eigenvalue weighted by molar-refractivity contribution is 7.89. The number of sulfonamides is 1. The van der Waals surface area contributed by atoms with E-state index in [0.29, 0.717) is 18.1 Å². The second-order valence-corrected chi connectivity index (χ2v) is 10.2. The Kier molecular flexibility index (Phi) is 6.19. The van der Waals surface area contributed by atoms with Crippen LogP contribution < -0.4 is 0 Å². The van der Waals surface area contributed by atoms with Crippen LogP contribution in [-0.2, 0) is 21.2 Å². The van der Waals surface area contributed by atoms with E-state index in [4.69, 9.17) is 11.6 Å². The van der Waals surface area contributed by atoms with Crippen molar-refractivity contribution >= 4 is 38.9 Å². The average molecular weight is 462 g/mol. The second kappa shape index (κ2) is 8.85. The van der Waals surface area contributed by atoms with Crippen LogP contribution in [0.2, 0.25) is 5.02 Å². The van der Waals surface area contributed by atoms with E-state index in [1.807, 2.05) is 35.7 Å². The van der Waals surface area contributed by atoms with E-state index in [1.165, 1.54) is 27.8 Å². The molecule has 1 aliphatic heterocycles. The fraction of sp³-hybridized carbons (Fsp3) is 0.238. The van der Waals surface area contributed by atoms with E-state index in [1.54, 1.807) is 17.0 Å². The Morgan fingerprint density at radius 3 is 2.47 bits per heavy atom. The zero-order valence-corrected chi connectivity index (χ0v) is 18.5. The van der Waals surface area contributed by atoms with Gasteiger partial charge in [0, 0.05) is 42.1 Å². The molecule has 2 heterocycles. The molecule has 0 radical (unpaired) electrons. The molecule has 1 aromatic heterocycles. The molecule has 2 aromatic carbocycles. The van der Waals surface area contributed by atoms with Crippen molar-refractivity contribution in [3.63, 3.8) is 0 Å². The Morgan fingerprint density at radius 2 is 1.77 bits per heavy atom. The van der Waals surface area contributed by atoms with Crippen LogP contribution >= 0.6 is 22.9 Å². The van der Waals surface area contributed by atoms with Crippen molar-refractivity contribution in [2.45, 2.75) is 11.3 Å². The molecule has 4 rings (SSSR count). The number of hydrogen-bond acceptors (Lipinski definition) is 5. The molecule has 0 N–H and O–H groups in total. The summed E-state index contributed by atoms with van der Waals surface area (Å²) in [5, 5.41) is 3.17. The van der Waals surface area contributed by atoms with Gasteiger partial charge in [-0.2, -0.15) is 4.31 Å². The Hall–Kier alpha value is -2.26. The molecule has 30 heavy (non-hydrogen) atoms. The van der Waals surface area contributed by atoms with E-state index in [-0.39, 0.29) is 30.3 Å². The molecule has 0 atom stereocenters. The summed E-state index contributed by atoms with van der Waals surface area (Å²) in [6, 6.07) is 16.1. The summed E-state index contributed by atoms with van der Waals surface area (Å²) >= 11 is 7.45. The molecule has 1 fully saturated rings. The minimum absolute atomic E-state index is 0.0419. The molecule has 1 aliphatic rings. The van der Waals surface area contributed by atoms with E-state index >= 15 is 0 Å². The number of carbonyl (C=O) groups is 1. The molecule has 0 spiro atoms. The summed E-state index contributed by atoms with van der Waals surface area (Å²) < 4.78 is 27.0. The van der Waals surface area contributed by atoms with Crippen LogP contribution in [0.3, 0.4) is 0 Å². The molecule has 1 saturated heterocycles. The Labute approximate surface area is 184 Å². The summed E-state index contributed by atoms with van der Waals surface area (Å²) in [6.45, 7) is 1.22. The highest BCUT2D eigenvalue weighted by Gasteiger charge is 2.30. The standard InChI is InChI=1S/C21H20ClN3O3S2/c22-17-7-4-8-19(13-17)30(27,28)25-11-9-24(10-12-25)20(26)14-18-15-29-21(23-18)16-5-2-1-3-6-16/h1-8,13,15H,9-12,14H2. The minimum atomic E-state index is -3.62. The summed E-state index contributed by atoms with van der Waals surface area (Å²) in [4.78, 5) is 19.1. The van der Waals surface area contributed by atoms with Gasteiger partial charge in [0.25, 0.3) is 0 Å². The average Bonchev–Trinajstić information content (AvgIpc) is 3.23. The van der Waals surface area contributed by atoms with E-state index < -0.39 is 10.0 Å². The monoisotopic (exact) mass is 461 g/mol. The first-order chi connectivity index (χ1) is 14.4. The molecular formula is C21H20ClN3O3S2. The quantitative estimate of drug-likeness (QED) is 0.582. The molecule has 156 valence electrons. The van der Waals surface area contributed by atoms with Crippen LogP contribution in [0.25, 0.3) is 10.6 Å². The first kappa shape index (κ1) is 21.0. The lowest BCUT2D eigenvalue weighted by molar-refractivity contribution is -0.131. The molecular weight excluding hydrogens is 442 g/mol. The number of nitrogens with zero attached hydrogens (tertiary/aromatic N) is 3. The highest BCUT2D eigenvalue weighted by atomic mass is 35.5. The van der Waals surface area contributed by atoms with E-state index in [0.717, 1.165) is 16.3 Å². The third kappa shape index (κ3) is 4.57. The van der Waals surface area contributed by atoms with Crippen LogP contribution in [0.15, 0.2) is 64.9 Å². The van der Waals surface area contributed by atoms with Crippen LogP contribution in [-0.4, -0.2) is 54.7 Å². The van der Waals surface area contributed by atoms with Gasteiger partial charge in [-0.25, -0.2) is 13.4 Å². The lowest BCUT2D eigenvalue weighted by Crippen LogP contribution is -2.50. The highest BCUT2D eigenvalue weighted by Crippen LogP contribution is 2.24. The molecule has 0 bridgehead atoms. The van der Waals surface area contributed by atoms with Gasteiger partial charge in [0.1, 0.15) is 5.01 Å². The molecule has 0 saturated carbocycles. The van der Waals surface area contributed by atoms with Crippen molar-refractivity contribution in [3.05, 3.63) is 70.7 Å². The van der Waals surface area contributed by atoms with Gasteiger partial charge in [-0.05, 0) is 18.2 Å². The van der Waals surface area contributed by atoms with Gasteiger partial charge in [0.05, 0.1) is 17.0 Å². The molecule has 9 heteroatoms. The molecule has 1 amide bonds. The summed E-state index contributed by atoms with van der Waals surface area (Å²) in [5.74, 6) is -0.0419. The van der Waals surface area contributed by atoms with Gasteiger partial charge in [-0.1, -0.05) is 48.0 Å². The van der Waals surface area contributed by atoms with Crippen molar-refractivity contribution in [3.8, 4) is 10.6 Å². The summed E-state index contributed by atoms with van der Waals surface area (Å²) in [7, 11) is -3.62. The number of hydrogen-bond donors (Lipinski definition) is 0. The van der Waals surface area contributed by atoms with Crippen molar-refractivity contribution in [1.82, 2.24) is 14.2 Å². The van der Waals surface area contributed by atoms with Crippen LogP contribution in [0.5, 0.6) is 0 Å². The number of amides is 1.